The van der Waals surface area contributed by atoms with Crippen molar-refractivity contribution in [1.29, 1.82) is 0 Å². The summed E-state index contributed by atoms with van der Waals surface area (Å²) in [5.41, 5.74) is 15.8. The molecule has 0 saturated heterocycles. The Hall–Kier alpha value is -8.16. The van der Waals surface area contributed by atoms with Gasteiger partial charge in [0, 0.05) is 33.0 Å². The molecule has 0 atom stereocenters. The lowest BCUT2D eigenvalue weighted by Crippen LogP contribution is -1.88. The van der Waals surface area contributed by atoms with Crippen LogP contribution in [-0.4, -0.2) is 26.6 Å². The van der Waals surface area contributed by atoms with Gasteiger partial charge in [0.05, 0.1) is 35.0 Å². The van der Waals surface area contributed by atoms with E-state index in [4.69, 9.17) is 19.5 Å². The molecular weight excluding hydrogens is 869 g/mol. The second-order valence-electron chi connectivity index (χ2n) is 16.5. The lowest BCUT2D eigenvalue weighted by Gasteiger charge is -2.11. The fourth-order valence-electron chi connectivity index (χ4n) is 8.81. The number of aliphatic imine (C=N–C) groups is 2. The van der Waals surface area contributed by atoms with E-state index in [-0.39, 0.29) is 0 Å². The van der Waals surface area contributed by atoms with Crippen molar-refractivity contribution < 1.29 is 9.47 Å². The van der Waals surface area contributed by atoms with Crippen molar-refractivity contribution in [2.45, 2.75) is 0 Å². The first-order chi connectivity index (χ1) is 33.6. The van der Waals surface area contributed by atoms with Gasteiger partial charge in [-0.1, -0.05) is 146 Å². The summed E-state index contributed by atoms with van der Waals surface area (Å²) in [6.45, 7) is 0. The predicted octanol–water partition coefficient (Wildman–Crippen LogP) is 17.6. The molecule has 326 valence electrons. The van der Waals surface area contributed by atoms with Gasteiger partial charge < -0.3 is 9.47 Å². The molecule has 0 spiro atoms. The first kappa shape index (κ1) is 42.5. The largest absolute Gasteiger partial charge is 0.495 e. The van der Waals surface area contributed by atoms with Gasteiger partial charge in [0.25, 0.3) is 0 Å². The van der Waals surface area contributed by atoms with Gasteiger partial charge in [0.1, 0.15) is 11.5 Å². The summed E-state index contributed by atoms with van der Waals surface area (Å²) in [5, 5.41) is 2.00. The molecule has 11 aromatic rings. The van der Waals surface area contributed by atoms with Gasteiger partial charge in [0.15, 0.2) is 0 Å². The van der Waals surface area contributed by atoms with Gasteiger partial charge in [-0.25, -0.2) is 0 Å². The Balaban J connectivity index is 0.840. The molecule has 0 N–H and O–H groups in total. The van der Waals surface area contributed by atoms with Crippen molar-refractivity contribution >= 4 is 66.6 Å². The number of rotatable bonds is 12. The number of methoxy groups -OCH3 is 2. The fraction of sp³-hybridized carbons (Fsp3) is 0.0323. The molecule has 0 bridgehead atoms. The quantitative estimate of drug-likeness (QED) is 0.115. The normalized spacial score (nSPS) is 11.6. The molecule has 2 heterocycles. The van der Waals surface area contributed by atoms with Crippen molar-refractivity contribution in [1.82, 2.24) is 0 Å². The highest BCUT2D eigenvalue weighted by Gasteiger charge is 2.20. The summed E-state index contributed by atoms with van der Waals surface area (Å²) >= 11 is 3.29. The zero-order valence-electron chi connectivity index (χ0n) is 37.5. The molecule has 0 saturated carbocycles. The van der Waals surface area contributed by atoms with E-state index in [2.05, 4.69) is 218 Å². The van der Waals surface area contributed by atoms with Gasteiger partial charge in [-0.3, -0.25) is 9.98 Å². The van der Waals surface area contributed by atoms with Crippen LogP contribution in [0.1, 0.15) is 9.75 Å². The van der Waals surface area contributed by atoms with E-state index < -0.39 is 0 Å². The van der Waals surface area contributed by atoms with E-state index >= 15 is 0 Å². The fourth-order valence-corrected chi connectivity index (χ4v) is 10.9. The molecule has 6 heteroatoms. The topological polar surface area (TPSA) is 43.2 Å². The summed E-state index contributed by atoms with van der Waals surface area (Å²) in [6, 6.07) is 77.1. The van der Waals surface area contributed by atoms with Crippen LogP contribution in [0.2, 0.25) is 0 Å². The van der Waals surface area contributed by atoms with Crippen molar-refractivity contribution in [2.75, 3.05) is 14.2 Å². The average Bonchev–Trinajstić information content (AvgIpc) is 4.04. The molecule has 68 heavy (non-hydrogen) atoms. The van der Waals surface area contributed by atoms with E-state index in [0.717, 1.165) is 75.1 Å². The first-order valence-corrected chi connectivity index (χ1v) is 24.1. The monoisotopic (exact) mass is 912 g/mol. The summed E-state index contributed by atoms with van der Waals surface area (Å²) in [4.78, 5) is 11.9. The number of thiophene rings is 2. The number of nitrogens with zero attached hydrogens (tertiary/aromatic N) is 2. The van der Waals surface area contributed by atoms with E-state index in [1.165, 1.54) is 44.5 Å². The first-order valence-electron chi connectivity index (χ1n) is 22.5. The SMILES string of the molecule is COc1c2cc(C=Nc3ccc(-c4cc(-c5ccccc5)cc(-c5ccccc5)c4)cc3)sc2c(OC)c2cc(C=Nc3ccc(-c4cc(-c5ccccc5)cc(-c5ccccc5)c4)cc3)sc12. The van der Waals surface area contributed by atoms with Crippen LogP contribution in [0.15, 0.2) is 228 Å². The van der Waals surface area contributed by atoms with Crippen molar-refractivity contribution in [3.8, 4) is 78.3 Å². The predicted molar refractivity (Wildman–Crippen MR) is 290 cm³/mol. The third-order valence-corrected chi connectivity index (χ3v) is 14.3. The molecule has 11 rings (SSSR count). The zero-order chi connectivity index (χ0) is 45.8. The third kappa shape index (κ3) is 8.79. The third-order valence-electron chi connectivity index (χ3n) is 12.2. The summed E-state index contributed by atoms with van der Waals surface area (Å²) in [5.74, 6) is 1.65. The lowest BCUT2D eigenvalue weighted by atomic mass is 9.93. The van der Waals surface area contributed by atoms with Gasteiger partial charge in [-0.2, -0.15) is 0 Å². The number of hydrogen-bond acceptors (Lipinski definition) is 6. The van der Waals surface area contributed by atoms with E-state index in [1.807, 2.05) is 12.4 Å². The average molecular weight is 913 g/mol. The molecule has 0 unspecified atom stereocenters. The van der Waals surface area contributed by atoms with E-state index in [0.29, 0.717) is 0 Å². The summed E-state index contributed by atoms with van der Waals surface area (Å²) in [6.07, 6.45) is 3.86. The van der Waals surface area contributed by atoms with Gasteiger partial charge in [-0.15, -0.1) is 22.7 Å². The molecular formula is C62H44N2O2S2. The van der Waals surface area contributed by atoms with Crippen LogP contribution in [0.4, 0.5) is 11.4 Å². The highest BCUT2D eigenvalue weighted by molar-refractivity contribution is 7.23. The molecule has 0 radical (unpaired) electrons. The van der Waals surface area contributed by atoms with Crippen LogP contribution < -0.4 is 9.47 Å². The second kappa shape index (κ2) is 19.0. The maximum absolute atomic E-state index is 6.12. The highest BCUT2D eigenvalue weighted by atomic mass is 32.1. The van der Waals surface area contributed by atoms with Crippen LogP contribution in [-0.2, 0) is 0 Å². The van der Waals surface area contributed by atoms with E-state index in [9.17, 15) is 0 Å². The van der Waals surface area contributed by atoms with Crippen LogP contribution >= 0.6 is 22.7 Å². The Morgan fingerprint density at radius 1 is 0.309 bits per heavy atom. The highest BCUT2D eigenvalue weighted by Crippen LogP contribution is 2.49. The lowest BCUT2D eigenvalue weighted by molar-refractivity contribution is 0.419. The van der Waals surface area contributed by atoms with Crippen molar-refractivity contribution in [3.05, 3.63) is 228 Å². The Morgan fingerprint density at radius 2 is 0.574 bits per heavy atom. The number of fused-ring (bicyclic) bond motifs is 2. The molecule has 0 aliphatic rings. The van der Waals surface area contributed by atoms with Crippen LogP contribution in [0.25, 0.3) is 86.9 Å². The minimum absolute atomic E-state index is 0.824. The van der Waals surface area contributed by atoms with E-state index in [1.54, 1.807) is 36.9 Å². The minimum Gasteiger partial charge on any atom is -0.495 e. The van der Waals surface area contributed by atoms with Crippen LogP contribution in [0.5, 0.6) is 11.5 Å². The Kier molecular flexibility index (Phi) is 11.9. The second-order valence-corrected chi connectivity index (χ2v) is 18.7. The Morgan fingerprint density at radius 3 is 0.838 bits per heavy atom. The van der Waals surface area contributed by atoms with Crippen LogP contribution in [0, 0.1) is 0 Å². The molecule has 2 aromatic heterocycles. The molecule has 4 nitrogen and oxygen atoms in total. The summed E-state index contributed by atoms with van der Waals surface area (Å²) in [7, 11) is 3.47. The maximum atomic E-state index is 6.12. The molecule has 0 amide bonds. The Labute approximate surface area is 404 Å². The van der Waals surface area contributed by atoms with Crippen molar-refractivity contribution in [2.24, 2.45) is 9.98 Å². The standard InChI is InChI=1S/C62H44N2O2S2/c1-65-59-57-37-55(39-63-53-27-23-45(24-28-53)51-33-47(41-15-7-3-8-16-41)31-48(34-51)42-17-9-4-10-18-42)68-62(57)60(66-2)58-38-56(67-61(58)59)40-64-54-29-25-46(26-30-54)52-35-49(43-19-11-5-12-20-43)32-50(36-52)44-21-13-6-14-22-44/h3-40H,1-2H3. The molecule has 0 aliphatic carbocycles. The molecule has 0 fully saturated rings. The number of ether oxygens (including phenoxy) is 2. The molecule has 0 aliphatic heterocycles. The maximum Gasteiger partial charge on any atom is 0.145 e. The number of hydrogen-bond donors (Lipinski definition) is 0. The van der Waals surface area contributed by atoms with Gasteiger partial charge in [-0.05, 0) is 140 Å². The van der Waals surface area contributed by atoms with Gasteiger partial charge >= 0.3 is 0 Å². The van der Waals surface area contributed by atoms with Crippen LogP contribution in [0.3, 0.4) is 0 Å². The smallest absolute Gasteiger partial charge is 0.145 e. The summed E-state index contributed by atoms with van der Waals surface area (Å²) < 4.78 is 14.3. The minimum atomic E-state index is 0.824. The van der Waals surface area contributed by atoms with Gasteiger partial charge in [0.2, 0.25) is 0 Å². The number of benzene rings is 9. The Bertz CT molecular complexity index is 3190. The van der Waals surface area contributed by atoms with Crippen molar-refractivity contribution in [3.63, 3.8) is 0 Å². The zero-order valence-corrected chi connectivity index (χ0v) is 39.1. The molecule has 9 aromatic carbocycles.